The predicted octanol–water partition coefficient (Wildman–Crippen LogP) is 2.57. The lowest BCUT2D eigenvalue weighted by Crippen LogP contribution is -2.41. The van der Waals surface area contributed by atoms with Gasteiger partial charge in [0.05, 0.1) is 6.07 Å². The van der Waals surface area contributed by atoms with Gasteiger partial charge in [0.1, 0.15) is 5.54 Å². The van der Waals surface area contributed by atoms with E-state index < -0.39 is 5.54 Å². The molecule has 0 bridgehead atoms. The standard InChI is InChI=1S/C13H22N4S/c1-4-7-16-13(2,11-14)6-5-10-18-12-15-8-9-17(12)3/h8-9,16H,4-7,10H2,1-3H3. The average molecular weight is 266 g/mol. The minimum Gasteiger partial charge on any atom is -0.329 e. The van der Waals surface area contributed by atoms with E-state index in [9.17, 15) is 5.26 Å². The summed E-state index contributed by atoms with van der Waals surface area (Å²) < 4.78 is 2.02. The number of nitrogens with one attached hydrogen (secondary N) is 1. The van der Waals surface area contributed by atoms with Crippen molar-refractivity contribution in [2.75, 3.05) is 12.3 Å². The minimum absolute atomic E-state index is 0.391. The number of aromatic nitrogens is 2. The van der Waals surface area contributed by atoms with Gasteiger partial charge in [0, 0.05) is 25.2 Å². The maximum Gasteiger partial charge on any atom is 0.167 e. The summed E-state index contributed by atoms with van der Waals surface area (Å²) in [6, 6.07) is 2.38. The highest BCUT2D eigenvalue weighted by Crippen LogP contribution is 2.19. The highest BCUT2D eigenvalue weighted by molar-refractivity contribution is 7.99. The molecule has 1 aromatic heterocycles. The Bertz CT molecular complexity index is 396. The normalized spacial score (nSPS) is 14.1. The van der Waals surface area contributed by atoms with E-state index in [2.05, 4.69) is 23.3 Å². The van der Waals surface area contributed by atoms with Crippen molar-refractivity contribution < 1.29 is 0 Å². The summed E-state index contributed by atoms with van der Waals surface area (Å²) in [6.45, 7) is 4.99. The maximum absolute atomic E-state index is 9.20. The summed E-state index contributed by atoms with van der Waals surface area (Å²) in [6.07, 6.45) is 6.70. The Hall–Kier alpha value is -0.990. The summed E-state index contributed by atoms with van der Waals surface area (Å²) >= 11 is 1.74. The molecule has 1 N–H and O–H groups in total. The van der Waals surface area contributed by atoms with Gasteiger partial charge in [-0.2, -0.15) is 5.26 Å². The Balaban J connectivity index is 2.28. The summed E-state index contributed by atoms with van der Waals surface area (Å²) in [7, 11) is 2.00. The first kappa shape index (κ1) is 15.1. The second-order valence-electron chi connectivity index (χ2n) is 4.64. The molecule has 0 amide bonds. The first-order valence-electron chi connectivity index (χ1n) is 6.37. The molecule has 1 heterocycles. The topological polar surface area (TPSA) is 53.6 Å². The molecule has 0 fully saturated rings. The molecular weight excluding hydrogens is 244 g/mol. The van der Waals surface area contributed by atoms with E-state index in [-0.39, 0.29) is 0 Å². The van der Waals surface area contributed by atoms with Crippen LogP contribution in [0.1, 0.15) is 33.1 Å². The van der Waals surface area contributed by atoms with Gasteiger partial charge in [0.15, 0.2) is 5.16 Å². The molecule has 0 spiro atoms. The fourth-order valence-electron chi connectivity index (χ4n) is 1.66. The first-order valence-corrected chi connectivity index (χ1v) is 7.36. The zero-order chi connectivity index (χ0) is 13.4. The molecule has 1 aromatic rings. The molecule has 0 aliphatic carbocycles. The largest absolute Gasteiger partial charge is 0.329 e. The van der Waals surface area contributed by atoms with Crippen molar-refractivity contribution in [2.45, 2.75) is 43.8 Å². The summed E-state index contributed by atoms with van der Waals surface area (Å²) in [5, 5.41) is 13.6. The quantitative estimate of drug-likeness (QED) is 0.580. The fourth-order valence-corrected chi connectivity index (χ4v) is 2.54. The number of aryl methyl sites for hydroxylation is 1. The third kappa shape index (κ3) is 4.71. The van der Waals surface area contributed by atoms with Crippen molar-refractivity contribution >= 4 is 11.8 Å². The number of hydrogen-bond donors (Lipinski definition) is 1. The molecule has 0 aliphatic rings. The monoisotopic (exact) mass is 266 g/mol. The van der Waals surface area contributed by atoms with Crippen molar-refractivity contribution in [1.82, 2.24) is 14.9 Å². The van der Waals surface area contributed by atoms with Crippen LogP contribution in [0.15, 0.2) is 17.6 Å². The van der Waals surface area contributed by atoms with Crippen LogP contribution in [0.3, 0.4) is 0 Å². The van der Waals surface area contributed by atoms with Gasteiger partial charge in [0.25, 0.3) is 0 Å². The van der Waals surface area contributed by atoms with E-state index in [1.165, 1.54) is 0 Å². The lowest BCUT2D eigenvalue weighted by molar-refractivity contribution is 0.415. The number of nitriles is 1. The molecule has 0 aromatic carbocycles. The maximum atomic E-state index is 9.20. The van der Waals surface area contributed by atoms with Crippen molar-refractivity contribution in [3.8, 4) is 6.07 Å². The highest BCUT2D eigenvalue weighted by Gasteiger charge is 2.21. The van der Waals surface area contributed by atoms with Gasteiger partial charge in [-0.25, -0.2) is 4.98 Å². The molecule has 5 heteroatoms. The van der Waals surface area contributed by atoms with Gasteiger partial charge in [0.2, 0.25) is 0 Å². The predicted molar refractivity (Wildman–Crippen MR) is 75.5 cm³/mol. The van der Waals surface area contributed by atoms with Gasteiger partial charge in [-0.1, -0.05) is 18.7 Å². The van der Waals surface area contributed by atoms with Gasteiger partial charge >= 0.3 is 0 Å². The van der Waals surface area contributed by atoms with Crippen LogP contribution < -0.4 is 5.32 Å². The minimum atomic E-state index is -0.391. The van der Waals surface area contributed by atoms with Gasteiger partial charge < -0.3 is 4.57 Å². The second-order valence-corrected chi connectivity index (χ2v) is 5.71. The van der Waals surface area contributed by atoms with Crippen molar-refractivity contribution in [2.24, 2.45) is 7.05 Å². The Kier molecular flexibility index (Phi) is 6.23. The molecule has 0 aliphatic heterocycles. The lowest BCUT2D eigenvalue weighted by atomic mass is 9.98. The van der Waals surface area contributed by atoms with Crippen LogP contribution in [0, 0.1) is 11.3 Å². The zero-order valence-corrected chi connectivity index (χ0v) is 12.3. The fraction of sp³-hybridized carbons (Fsp3) is 0.692. The van der Waals surface area contributed by atoms with Crippen LogP contribution in [0.5, 0.6) is 0 Å². The van der Waals surface area contributed by atoms with Crippen LogP contribution in [-0.2, 0) is 7.05 Å². The van der Waals surface area contributed by atoms with Crippen molar-refractivity contribution in [1.29, 1.82) is 5.26 Å². The second kappa shape index (κ2) is 7.45. The Morgan fingerprint density at radius 3 is 2.94 bits per heavy atom. The Morgan fingerprint density at radius 1 is 1.61 bits per heavy atom. The number of thioether (sulfide) groups is 1. The van der Waals surface area contributed by atoms with Crippen LogP contribution in [0.4, 0.5) is 0 Å². The molecule has 100 valence electrons. The first-order chi connectivity index (χ1) is 8.61. The number of hydrogen-bond acceptors (Lipinski definition) is 4. The van der Waals surface area contributed by atoms with E-state index in [0.29, 0.717) is 0 Å². The van der Waals surface area contributed by atoms with Crippen molar-refractivity contribution in [3.63, 3.8) is 0 Å². The summed E-state index contributed by atoms with van der Waals surface area (Å²) in [5.74, 6) is 0.996. The van der Waals surface area contributed by atoms with E-state index in [1.54, 1.807) is 11.8 Å². The third-order valence-corrected chi connectivity index (χ3v) is 3.99. The molecule has 0 saturated heterocycles. The Morgan fingerprint density at radius 2 is 2.39 bits per heavy atom. The Labute approximate surface area is 114 Å². The van der Waals surface area contributed by atoms with E-state index >= 15 is 0 Å². The summed E-state index contributed by atoms with van der Waals surface area (Å²) in [5.41, 5.74) is -0.391. The van der Waals surface area contributed by atoms with Gasteiger partial charge in [-0.3, -0.25) is 5.32 Å². The van der Waals surface area contributed by atoms with Crippen LogP contribution in [-0.4, -0.2) is 27.4 Å². The molecule has 0 saturated carbocycles. The zero-order valence-electron chi connectivity index (χ0n) is 11.4. The van der Waals surface area contributed by atoms with E-state index in [4.69, 9.17) is 0 Å². The molecule has 1 rings (SSSR count). The molecular formula is C13H22N4S. The molecule has 1 atom stereocenters. The third-order valence-electron chi connectivity index (χ3n) is 2.84. The van der Waals surface area contributed by atoms with Crippen molar-refractivity contribution in [3.05, 3.63) is 12.4 Å². The number of imidazole rings is 1. The van der Waals surface area contributed by atoms with Gasteiger partial charge in [-0.05, 0) is 32.7 Å². The van der Waals surface area contributed by atoms with E-state index in [0.717, 1.165) is 36.7 Å². The molecule has 4 nitrogen and oxygen atoms in total. The smallest absolute Gasteiger partial charge is 0.167 e. The lowest BCUT2D eigenvalue weighted by Gasteiger charge is -2.22. The van der Waals surface area contributed by atoms with Gasteiger partial charge in [-0.15, -0.1) is 0 Å². The average Bonchev–Trinajstić information content (AvgIpc) is 2.78. The van der Waals surface area contributed by atoms with E-state index in [1.807, 2.05) is 30.9 Å². The SMILES string of the molecule is CCCNC(C)(C#N)CCCSc1nccn1C. The molecule has 18 heavy (non-hydrogen) atoms. The summed E-state index contributed by atoms with van der Waals surface area (Å²) in [4.78, 5) is 4.26. The molecule has 0 radical (unpaired) electrons. The van der Waals surface area contributed by atoms with Crippen LogP contribution in [0.25, 0.3) is 0 Å². The highest BCUT2D eigenvalue weighted by atomic mass is 32.2. The molecule has 1 unspecified atom stereocenters. The van der Waals surface area contributed by atoms with Crippen LogP contribution >= 0.6 is 11.8 Å². The number of rotatable bonds is 8. The van der Waals surface area contributed by atoms with Crippen LogP contribution in [0.2, 0.25) is 0 Å². The number of nitrogens with zero attached hydrogens (tertiary/aromatic N) is 3.